The molecule has 0 N–H and O–H groups in total. The van der Waals surface area contributed by atoms with E-state index in [0.29, 0.717) is 10.6 Å². The third kappa shape index (κ3) is 1.30. The van der Waals surface area contributed by atoms with Crippen LogP contribution in [0.4, 0.5) is 0 Å². The summed E-state index contributed by atoms with van der Waals surface area (Å²) in [5.74, 6) is 0.574. The average molecular weight is 287 g/mol. The summed E-state index contributed by atoms with van der Waals surface area (Å²) < 4.78 is 8.07. The highest BCUT2D eigenvalue weighted by Crippen LogP contribution is 2.35. The first kappa shape index (κ1) is 8.58. The molecule has 3 nitrogen and oxygen atoms in total. The number of hydrogen-bond acceptors (Lipinski definition) is 5. The summed E-state index contributed by atoms with van der Waals surface area (Å²) >= 11 is 6.54. The van der Waals surface area contributed by atoms with Crippen LogP contribution in [0.15, 0.2) is 26.8 Å². The molecular weight excluding hydrogens is 284 g/mol. The van der Waals surface area contributed by atoms with Gasteiger partial charge in [-0.2, -0.15) is 4.98 Å². The molecule has 0 bridgehead atoms. The van der Waals surface area contributed by atoms with Crippen molar-refractivity contribution in [3.8, 4) is 10.8 Å². The Balaban J connectivity index is 2.18. The number of fused-ring (bicyclic) bond motifs is 1. The Hall–Kier alpha value is -0.720. The van der Waals surface area contributed by atoms with Crippen LogP contribution in [0.5, 0.6) is 0 Å². The van der Waals surface area contributed by atoms with Gasteiger partial charge in [0, 0.05) is 9.40 Å². The van der Waals surface area contributed by atoms with Crippen molar-refractivity contribution in [2.45, 2.75) is 0 Å². The minimum absolute atomic E-state index is 0.490. The van der Waals surface area contributed by atoms with Crippen LogP contribution in [0.3, 0.4) is 0 Å². The lowest BCUT2D eigenvalue weighted by Gasteiger charge is -1.81. The zero-order chi connectivity index (χ0) is 9.54. The van der Waals surface area contributed by atoms with Crippen LogP contribution in [0.1, 0.15) is 0 Å². The Labute approximate surface area is 95.5 Å². The van der Waals surface area contributed by atoms with Crippen molar-refractivity contribution in [2.24, 2.45) is 0 Å². The van der Waals surface area contributed by atoms with Gasteiger partial charge in [0.15, 0.2) is 0 Å². The van der Waals surface area contributed by atoms with Gasteiger partial charge in [-0.3, -0.25) is 0 Å². The fourth-order valence-electron chi connectivity index (χ4n) is 1.18. The molecule has 14 heavy (non-hydrogen) atoms. The maximum atomic E-state index is 5.06. The van der Waals surface area contributed by atoms with E-state index in [1.165, 1.54) is 9.40 Å². The van der Waals surface area contributed by atoms with Gasteiger partial charge in [0.1, 0.15) is 0 Å². The van der Waals surface area contributed by atoms with Crippen molar-refractivity contribution >= 4 is 48.0 Å². The highest BCUT2D eigenvalue weighted by Gasteiger charge is 2.11. The molecule has 0 aromatic carbocycles. The molecule has 6 heteroatoms. The fraction of sp³-hybridized carbons (Fsp3) is 0. The first-order valence-electron chi connectivity index (χ1n) is 3.79. The largest absolute Gasteiger partial charge is 0.332 e. The van der Waals surface area contributed by atoms with Crippen molar-refractivity contribution in [1.29, 1.82) is 0 Å². The predicted molar refractivity (Wildman–Crippen MR) is 60.7 cm³/mol. The van der Waals surface area contributed by atoms with Crippen LogP contribution < -0.4 is 0 Å². The van der Waals surface area contributed by atoms with Crippen LogP contribution in [-0.2, 0) is 0 Å². The van der Waals surface area contributed by atoms with E-state index in [4.69, 9.17) is 4.52 Å². The Kier molecular flexibility index (Phi) is 1.93. The Morgan fingerprint density at radius 3 is 3.00 bits per heavy atom. The van der Waals surface area contributed by atoms with Gasteiger partial charge >= 0.3 is 0 Å². The highest BCUT2D eigenvalue weighted by molar-refractivity contribution is 9.10. The van der Waals surface area contributed by atoms with Crippen molar-refractivity contribution in [1.82, 2.24) is 10.1 Å². The van der Waals surface area contributed by atoms with E-state index in [0.717, 1.165) is 4.88 Å². The fourth-order valence-corrected chi connectivity index (χ4v) is 3.44. The predicted octanol–water partition coefficient (Wildman–Crippen LogP) is 3.78. The molecule has 3 aromatic rings. The summed E-state index contributed by atoms with van der Waals surface area (Å²) in [6.45, 7) is 0. The lowest BCUT2D eigenvalue weighted by Crippen LogP contribution is -1.68. The molecule has 0 unspecified atom stereocenters. The number of nitrogens with zero attached hydrogens (tertiary/aromatic N) is 2. The Morgan fingerprint density at radius 1 is 1.36 bits per heavy atom. The van der Waals surface area contributed by atoms with Gasteiger partial charge in [-0.15, -0.1) is 22.7 Å². The smallest absolute Gasteiger partial charge is 0.268 e. The second-order valence-corrected chi connectivity index (χ2v) is 5.37. The standard InChI is InChI=1S/C8H3BrN2OS2/c9-8-10-7(12-11-8)6-3-5-4(14-6)1-2-13-5/h1-3H. The molecule has 0 saturated carbocycles. The maximum absolute atomic E-state index is 5.06. The molecule has 0 amide bonds. The molecule has 0 saturated heterocycles. The topological polar surface area (TPSA) is 38.9 Å². The summed E-state index contributed by atoms with van der Waals surface area (Å²) in [4.78, 5) is 5.13. The van der Waals surface area contributed by atoms with E-state index in [1.807, 2.05) is 0 Å². The number of aromatic nitrogens is 2. The van der Waals surface area contributed by atoms with Crippen molar-refractivity contribution in [3.05, 3.63) is 22.2 Å². The van der Waals surface area contributed by atoms with E-state index in [-0.39, 0.29) is 0 Å². The van der Waals surface area contributed by atoms with Crippen LogP contribution >= 0.6 is 38.6 Å². The van der Waals surface area contributed by atoms with E-state index in [9.17, 15) is 0 Å². The first-order valence-corrected chi connectivity index (χ1v) is 6.28. The van der Waals surface area contributed by atoms with E-state index in [2.05, 4.69) is 43.6 Å². The lowest BCUT2D eigenvalue weighted by atomic mass is 10.4. The third-order valence-corrected chi connectivity index (χ3v) is 4.15. The summed E-state index contributed by atoms with van der Waals surface area (Å²) in [6, 6.07) is 4.17. The molecule has 0 radical (unpaired) electrons. The van der Waals surface area contributed by atoms with Gasteiger partial charge in [0.2, 0.25) is 4.73 Å². The van der Waals surface area contributed by atoms with Gasteiger partial charge < -0.3 is 4.52 Å². The molecule has 0 fully saturated rings. The molecule has 0 spiro atoms. The highest BCUT2D eigenvalue weighted by atomic mass is 79.9. The van der Waals surface area contributed by atoms with Gasteiger partial charge in [0.25, 0.3) is 5.89 Å². The zero-order valence-corrected chi connectivity index (χ0v) is 9.95. The van der Waals surface area contributed by atoms with Crippen LogP contribution in [0.25, 0.3) is 20.2 Å². The van der Waals surface area contributed by atoms with Crippen LogP contribution in [0.2, 0.25) is 0 Å². The van der Waals surface area contributed by atoms with E-state index in [1.54, 1.807) is 22.7 Å². The number of hydrogen-bond donors (Lipinski definition) is 0. The molecule has 0 atom stereocenters. The lowest BCUT2D eigenvalue weighted by molar-refractivity contribution is 0.427. The Bertz CT molecular complexity index is 554. The summed E-state index contributed by atoms with van der Waals surface area (Å²) in [5, 5.41) is 5.77. The molecule has 0 aliphatic rings. The minimum Gasteiger partial charge on any atom is -0.332 e. The average Bonchev–Trinajstić information content (AvgIpc) is 2.75. The molecule has 0 aliphatic carbocycles. The normalized spacial score (nSPS) is 11.2. The summed E-state index contributed by atoms with van der Waals surface area (Å²) in [5.41, 5.74) is 0. The van der Waals surface area contributed by atoms with Gasteiger partial charge in [-0.25, -0.2) is 0 Å². The van der Waals surface area contributed by atoms with Crippen molar-refractivity contribution < 1.29 is 4.52 Å². The Morgan fingerprint density at radius 2 is 2.29 bits per heavy atom. The minimum atomic E-state index is 0.490. The second kappa shape index (κ2) is 3.15. The first-order chi connectivity index (χ1) is 6.83. The number of rotatable bonds is 1. The zero-order valence-electron chi connectivity index (χ0n) is 6.73. The molecule has 3 aromatic heterocycles. The SMILES string of the molecule is Brc1noc(-c2cc3sccc3s2)n1. The quantitative estimate of drug-likeness (QED) is 0.683. The molecule has 0 aliphatic heterocycles. The number of thiophene rings is 2. The van der Waals surface area contributed by atoms with E-state index >= 15 is 0 Å². The van der Waals surface area contributed by atoms with Gasteiger partial charge in [-0.05, 0) is 38.6 Å². The van der Waals surface area contributed by atoms with Gasteiger partial charge in [-0.1, -0.05) is 0 Å². The third-order valence-electron chi connectivity index (χ3n) is 1.75. The summed E-state index contributed by atoms with van der Waals surface area (Å²) in [6.07, 6.45) is 0. The summed E-state index contributed by atoms with van der Waals surface area (Å²) in [7, 11) is 0. The van der Waals surface area contributed by atoms with E-state index < -0.39 is 0 Å². The molecule has 3 heterocycles. The van der Waals surface area contributed by atoms with Gasteiger partial charge in [0.05, 0.1) is 4.88 Å². The monoisotopic (exact) mass is 286 g/mol. The van der Waals surface area contributed by atoms with Crippen molar-refractivity contribution in [2.75, 3.05) is 0 Å². The maximum Gasteiger partial charge on any atom is 0.268 e. The van der Waals surface area contributed by atoms with Crippen LogP contribution in [-0.4, -0.2) is 10.1 Å². The molecule has 70 valence electrons. The second-order valence-electron chi connectivity index (χ2n) is 2.63. The number of halogens is 1. The molecular formula is C8H3BrN2OS2. The van der Waals surface area contributed by atoms with Crippen LogP contribution in [0, 0.1) is 0 Å². The molecule has 3 rings (SSSR count). The van der Waals surface area contributed by atoms with Crippen molar-refractivity contribution in [3.63, 3.8) is 0 Å².